The molecule has 1 N–H and O–H groups in total. The van der Waals surface area contributed by atoms with Crippen LogP contribution in [0.3, 0.4) is 0 Å². The van der Waals surface area contributed by atoms with Gasteiger partial charge in [-0.3, -0.25) is 9.78 Å². The Labute approximate surface area is 99.0 Å². The Morgan fingerprint density at radius 3 is 2.59 bits per heavy atom. The molecule has 0 amide bonds. The predicted octanol–water partition coefficient (Wildman–Crippen LogP) is 1.54. The molecule has 0 radical (unpaired) electrons. The third-order valence-corrected chi connectivity index (χ3v) is 2.14. The second kappa shape index (κ2) is 5.16. The van der Waals surface area contributed by atoms with E-state index < -0.39 is 0 Å². The lowest BCUT2D eigenvalue weighted by molar-refractivity contribution is -0.115. The van der Waals surface area contributed by atoms with Crippen molar-refractivity contribution in [3.63, 3.8) is 0 Å². The summed E-state index contributed by atoms with van der Waals surface area (Å²) in [5.74, 6) is 0.498. The highest BCUT2D eigenvalue weighted by molar-refractivity contribution is 5.79. The van der Waals surface area contributed by atoms with E-state index in [1.165, 1.54) is 6.92 Å². The molecule has 2 aromatic rings. The zero-order valence-corrected chi connectivity index (χ0v) is 9.42. The van der Waals surface area contributed by atoms with Crippen molar-refractivity contribution >= 4 is 11.7 Å². The molecule has 0 spiro atoms. The fraction of sp³-hybridized carbons (Fsp3) is 0.167. The van der Waals surface area contributed by atoms with Crippen LogP contribution >= 0.6 is 0 Å². The van der Waals surface area contributed by atoms with Gasteiger partial charge in [0.05, 0.1) is 6.54 Å². The van der Waals surface area contributed by atoms with Gasteiger partial charge in [0.2, 0.25) is 5.95 Å². The molecule has 0 atom stereocenters. The van der Waals surface area contributed by atoms with Crippen molar-refractivity contribution < 1.29 is 4.79 Å². The smallest absolute Gasteiger partial charge is 0.222 e. The lowest BCUT2D eigenvalue weighted by atomic mass is 10.2. The highest BCUT2D eigenvalue weighted by Crippen LogP contribution is 2.15. The maximum Gasteiger partial charge on any atom is 0.222 e. The minimum Gasteiger partial charge on any atom is -0.347 e. The molecule has 17 heavy (non-hydrogen) atoms. The fourth-order valence-electron chi connectivity index (χ4n) is 1.31. The number of ketones is 1. The van der Waals surface area contributed by atoms with Gasteiger partial charge in [-0.2, -0.15) is 0 Å². The molecule has 0 fully saturated rings. The van der Waals surface area contributed by atoms with E-state index in [0.717, 1.165) is 11.1 Å². The van der Waals surface area contributed by atoms with Crippen molar-refractivity contribution in [1.82, 2.24) is 15.0 Å². The molecule has 2 aromatic heterocycles. The molecular formula is C12H12N4O. The van der Waals surface area contributed by atoms with Crippen molar-refractivity contribution in [3.05, 3.63) is 36.9 Å². The number of aromatic nitrogens is 3. The van der Waals surface area contributed by atoms with E-state index >= 15 is 0 Å². The second-order valence-corrected chi connectivity index (χ2v) is 3.59. The SMILES string of the molecule is CC(=O)CNc1ncc(-c2cccnc2)cn1. The summed E-state index contributed by atoms with van der Waals surface area (Å²) < 4.78 is 0. The van der Waals surface area contributed by atoms with E-state index in [1.54, 1.807) is 24.8 Å². The molecule has 0 saturated heterocycles. The molecule has 5 nitrogen and oxygen atoms in total. The number of nitrogens with one attached hydrogen (secondary N) is 1. The van der Waals surface area contributed by atoms with E-state index in [-0.39, 0.29) is 12.3 Å². The summed E-state index contributed by atoms with van der Waals surface area (Å²) in [5, 5.41) is 2.84. The van der Waals surface area contributed by atoms with Crippen LogP contribution in [0.4, 0.5) is 5.95 Å². The molecule has 0 aromatic carbocycles. The van der Waals surface area contributed by atoms with Crippen LogP contribution in [0.5, 0.6) is 0 Å². The van der Waals surface area contributed by atoms with Gasteiger partial charge in [0.1, 0.15) is 5.78 Å². The van der Waals surface area contributed by atoms with Gasteiger partial charge in [0.25, 0.3) is 0 Å². The van der Waals surface area contributed by atoms with Gasteiger partial charge < -0.3 is 5.32 Å². The summed E-state index contributed by atoms with van der Waals surface area (Å²) in [4.78, 5) is 23.1. The van der Waals surface area contributed by atoms with Crippen molar-refractivity contribution in [2.24, 2.45) is 0 Å². The number of rotatable bonds is 4. The third kappa shape index (κ3) is 3.07. The first kappa shape index (κ1) is 11.2. The Morgan fingerprint density at radius 1 is 1.24 bits per heavy atom. The Bertz CT molecular complexity index is 496. The van der Waals surface area contributed by atoms with Gasteiger partial charge in [-0.15, -0.1) is 0 Å². The number of hydrogen-bond donors (Lipinski definition) is 1. The van der Waals surface area contributed by atoms with E-state index in [1.807, 2.05) is 12.1 Å². The maximum absolute atomic E-state index is 10.8. The summed E-state index contributed by atoms with van der Waals surface area (Å²) in [7, 11) is 0. The largest absolute Gasteiger partial charge is 0.347 e. The van der Waals surface area contributed by atoms with Crippen LogP contribution in [-0.4, -0.2) is 27.3 Å². The van der Waals surface area contributed by atoms with Gasteiger partial charge in [-0.05, 0) is 13.0 Å². The molecule has 0 aliphatic heterocycles. The topological polar surface area (TPSA) is 67.8 Å². The third-order valence-electron chi connectivity index (χ3n) is 2.14. The lowest BCUT2D eigenvalue weighted by Gasteiger charge is -2.03. The molecule has 0 bridgehead atoms. The zero-order valence-electron chi connectivity index (χ0n) is 9.42. The molecule has 2 rings (SSSR count). The summed E-state index contributed by atoms with van der Waals surface area (Å²) in [6, 6.07) is 3.80. The zero-order chi connectivity index (χ0) is 12.1. The summed E-state index contributed by atoms with van der Waals surface area (Å²) in [5.41, 5.74) is 1.86. The van der Waals surface area contributed by atoms with Gasteiger partial charge in [-0.1, -0.05) is 6.07 Å². The van der Waals surface area contributed by atoms with Crippen LogP contribution in [0.15, 0.2) is 36.9 Å². The van der Waals surface area contributed by atoms with Crippen LogP contribution < -0.4 is 5.32 Å². The first-order valence-corrected chi connectivity index (χ1v) is 5.21. The van der Waals surface area contributed by atoms with Crippen molar-refractivity contribution in [2.75, 3.05) is 11.9 Å². The number of carbonyl (C=O) groups excluding carboxylic acids is 1. The Morgan fingerprint density at radius 2 is 2.00 bits per heavy atom. The first-order chi connectivity index (χ1) is 8.25. The van der Waals surface area contributed by atoms with Crippen molar-refractivity contribution in [3.8, 4) is 11.1 Å². The molecule has 2 heterocycles. The molecule has 0 aliphatic rings. The fourth-order valence-corrected chi connectivity index (χ4v) is 1.31. The minimum absolute atomic E-state index is 0.0462. The number of nitrogens with zero attached hydrogens (tertiary/aromatic N) is 3. The van der Waals surface area contributed by atoms with Crippen LogP contribution in [0, 0.1) is 0 Å². The summed E-state index contributed by atoms with van der Waals surface area (Å²) in [6.45, 7) is 1.75. The average molecular weight is 228 g/mol. The quantitative estimate of drug-likeness (QED) is 0.859. The second-order valence-electron chi connectivity index (χ2n) is 3.59. The van der Waals surface area contributed by atoms with Gasteiger partial charge in [-0.25, -0.2) is 9.97 Å². The molecule has 86 valence electrons. The number of pyridine rings is 1. The molecule has 0 aliphatic carbocycles. The standard InChI is InChI=1S/C12H12N4O/c1-9(17)5-14-12-15-7-11(8-16-12)10-3-2-4-13-6-10/h2-4,6-8H,5H2,1H3,(H,14,15,16). The van der Waals surface area contributed by atoms with E-state index in [2.05, 4.69) is 20.3 Å². The summed E-state index contributed by atoms with van der Waals surface area (Å²) in [6.07, 6.45) is 6.87. The number of hydrogen-bond acceptors (Lipinski definition) is 5. The van der Waals surface area contributed by atoms with Crippen LogP contribution in [0.1, 0.15) is 6.92 Å². The van der Waals surface area contributed by atoms with Crippen LogP contribution in [-0.2, 0) is 4.79 Å². The first-order valence-electron chi connectivity index (χ1n) is 5.21. The Hall–Kier alpha value is -2.30. The maximum atomic E-state index is 10.8. The predicted molar refractivity (Wildman–Crippen MR) is 64.4 cm³/mol. The molecule has 0 unspecified atom stereocenters. The van der Waals surface area contributed by atoms with Crippen LogP contribution in [0.25, 0.3) is 11.1 Å². The van der Waals surface area contributed by atoms with Crippen LogP contribution in [0.2, 0.25) is 0 Å². The van der Waals surface area contributed by atoms with Gasteiger partial charge >= 0.3 is 0 Å². The molecular weight excluding hydrogens is 216 g/mol. The number of anilines is 1. The van der Waals surface area contributed by atoms with Gasteiger partial charge in [0, 0.05) is 35.9 Å². The molecule has 5 heteroatoms. The Kier molecular flexibility index (Phi) is 3.40. The highest BCUT2D eigenvalue weighted by atomic mass is 16.1. The summed E-state index contributed by atoms with van der Waals surface area (Å²) >= 11 is 0. The van der Waals surface area contributed by atoms with E-state index in [4.69, 9.17) is 0 Å². The van der Waals surface area contributed by atoms with Crippen molar-refractivity contribution in [1.29, 1.82) is 0 Å². The number of Topliss-reactive ketones (excluding diaryl/α,β-unsaturated/α-hetero) is 1. The lowest BCUT2D eigenvalue weighted by Crippen LogP contribution is -2.11. The average Bonchev–Trinajstić information content (AvgIpc) is 2.38. The van der Waals surface area contributed by atoms with Crippen molar-refractivity contribution in [2.45, 2.75) is 6.92 Å². The normalized spacial score (nSPS) is 9.94. The molecule has 0 saturated carbocycles. The van der Waals surface area contributed by atoms with Gasteiger partial charge in [0.15, 0.2) is 0 Å². The monoisotopic (exact) mass is 228 g/mol. The van der Waals surface area contributed by atoms with E-state index in [9.17, 15) is 4.79 Å². The number of carbonyl (C=O) groups is 1. The highest BCUT2D eigenvalue weighted by Gasteiger charge is 2.00. The van der Waals surface area contributed by atoms with E-state index in [0.29, 0.717) is 5.95 Å². The Balaban J connectivity index is 2.11. The minimum atomic E-state index is 0.0462.